The number of nitrogens with one attached hydrogen (secondary N) is 1. The van der Waals surface area contributed by atoms with Crippen LogP contribution in [0.5, 0.6) is 0 Å². The van der Waals surface area contributed by atoms with Crippen molar-refractivity contribution in [1.29, 1.82) is 0 Å². The summed E-state index contributed by atoms with van der Waals surface area (Å²) >= 11 is 5.75. The zero-order valence-corrected chi connectivity index (χ0v) is 11.4. The monoisotopic (exact) mass is 278 g/mol. The molecule has 0 aliphatic heterocycles. The molecule has 2 rings (SSSR count). The molecule has 0 aliphatic carbocycles. The summed E-state index contributed by atoms with van der Waals surface area (Å²) in [6.07, 6.45) is 1.65. The van der Waals surface area contributed by atoms with Gasteiger partial charge >= 0.3 is 0 Å². The van der Waals surface area contributed by atoms with Crippen LogP contribution >= 0.6 is 11.6 Å². The van der Waals surface area contributed by atoms with Crippen LogP contribution in [0.2, 0.25) is 0 Å². The van der Waals surface area contributed by atoms with E-state index in [1.54, 1.807) is 18.5 Å². The maximum Gasteiger partial charge on any atom is 0.251 e. The average Bonchev–Trinajstić information content (AvgIpc) is 2.92. The zero-order chi connectivity index (χ0) is 13.7. The van der Waals surface area contributed by atoms with E-state index in [0.717, 1.165) is 17.9 Å². The van der Waals surface area contributed by atoms with E-state index in [0.29, 0.717) is 18.0 Å². The van der Waals surface area contributed by atoms with E-state index in [1.807, 2.05) is 23.6 Å². The van der Waals surface area contributed by atoms with E-state index in [1.165, 1.54) is 0 Å². The number of hydrogen-bond donors (Lipinski definition) is 1. The third-order valence-corrected chi connectivity index (χ3v) is 3.10. The van der Waals surface area contributed by atoms with Gasteiger partial charge in [-0.15, -0.1) is 21.8 Å². The number of halogens is 1. The Labute approximate surface area is 116 Å². The van der Waals surface area contributed by atoms with E-state index in [4.69, 9.17) is 11.6 Å². The van der Waals surface area contributed by atoms with Gasteiger partial charge in [0.15, 0.2) is 5.82 Å². The van der Waals surface area contributed by atoms with E-state index in [-0.39, 0.29) is 5.91 Å². The van der Waals surface area contributed by atoms with Gasteiger partial charge in [-0.05, 0) is 24.6 Å². The van der Waals surface area contributed by atoms with Crippen LogP contribution in [0.1, 0.15) is 28.7 Å². The van der Waals surface area contributed by atoms with Crippen LogP contribution in [0.15, 0.2) is 30.6 Å². The molecule has 1 amide bonds. The number of benzene rings is 1. The maximum absolute atomic E-state index is 12.0. The normalized spacial score (nSPS) is 10.4. The van der Waals surface area contributed by atoms with Gasteiger partial charge in [0.2, 0.25) is 0 Å². The second-order valence-electron chi connectivity index (χ2n) is 4.05. The largest absolute Gasteiger partial charge is 0.345 e. The molecule has 1 aromatic carbocycles. The molecule has 0 radical (unpaired) electrons. The highest BCUT2D eigenvalue weighted by atomic mass is 35.5. The van der Waals surface area contributed by atoms with E-state index in [9.17, 15) is 4.79 Å². The molecule has 6 heteroatoms. The minimum atomic E-state index is -0.141. The summed E-state index contributed by atoms with van der Waals surface area (Å²) in [6, 6.07) is 7.25. The molecule has 0 spiro atoms. The fourth-order valence-corrected chi connectivity index (χ4v) is 1.90. The summed E-state index contributed by atoms with van der Waals surface area (Å²) in [6.45, 7) is 3.14. The van der Waals surface area contributed by atoms with Crippen molar-refractivity contribution in [3.63, 3.8) is 0 Å². The summed E-state index contributed by atoms with van der Waals surface area (Å²) in [4.78, 5) is 12.0. The molecule has 5 nitrogen and oxygen atoms in total. The van der Waals surface area contributed by atoms with E-state index < -0.39 is 0 Å². The lowest BCUT2D eigenvalue weighted by molar-refractivity contribution is 0.0949. The fourth-order valence-electron chi connectivity index (χ4n) is 1.74. The number of nitrogens with zero attached hydrogens (tertiary/aromatic N) is 3. The number of alkyl halides is 1. The van der Waals surface area contributed by atoms with Gasteiger partial charge in [0.1, 0.15) is 6.33 Å². The molecule has 0 bridgehead atoms. The fraction of sp³-hybridized carbons (Fsp3) is 0.308. The molecule has 1 aromatic heterocycles. The lowest BCUT2D eigenvalue weighted by Crippen LogP contribution is -2.24. The smallest absolute Gasteiger partial charge is 0.251 e. The highest BCUT2D eigenvalue weighted by Crippen LogP contribution is 2.08. The Morgan fingerprint density at radius 3 is 3.05 bits per heavy atom. The molecule has 19 heavy (non-hydrogen) atoms. The van der Waals surface area contributed by atoms with E-state index >= 15 is 0 Å². The zero-order valence-electron chi connectivity index (χ0n) is 10.6. The van der Waals surface area contributed by atoms with Gasteiger partial charge in [-0.2, -0.15) is 0 Å². The summed E-state index contributed by atoms with van der Waals surface area (Å²) in [5.74, 6) is 0.993. The number of aryl methyl sites for hydroxylation is 1. The molecule has 0 saturated heterocycles. The number of hydrogen-bond acceptors (Lipinski definition) is 3. The SMILES string of the molecule is CCn1cnnc1CNC(=O)c1cccc(CCl)c1. The van der Waals surface area contributed by atoms with Gasteiger partial charge < -0.3 is 9.88 Å². The van der Waals surface area contributed by atoms with Crippen molar-refractivity contribution >= 4 is 17.5 Å². The van der Waals surface area contributed by atoms with Crippen molar-refractivity contribution in [2.24, 2.45) is 0 Å². The Morgan fingerprint density at radius 2 is 2.32 bits per heavy atom. The van der Waals surface area contributed by atoms with Crippen molar-refractivity contribution in [3.05, 3.63) is 47.5 Å². The number of aromatic nitrogens is 3. The standard InChI is InChI=1S/C13H15ClN4O/c1-2-18-9-16-17-12(18)8-15-13(19)11-5-3-4-10(6-11)7-14/h3-6,9H,2,7-8H2,1H3,(H,15,19). The van der Waals surface area contributed by atoms with Gasteiger partial charge in [-0.25, -0.2) is 0 Å². The number of carbonyl (C=O) groups is 1. The summed E-state index contributed by atoms with van der Waals surface area (Å²) in [5, 5.41) is 10.6. The number of rotatable bonds is 5. The minimum absolute atomic E-state index is 0.141. The molecular weight excluding hydrogens is 264 g/mol. The van der Waals surface area contributed by atoms with Crippen LogP contribution in [0.4, 0.5) is 0 Å². The molecule has 2 aromatic rings. The lowest BCUT2D eigenvalue weighted by atomic mass is 10.1. The van der Waals surface area contributed by atoms with Gasteiger partial charge in [-0.3, -0.25) is 4.79 Å². The Morgan fingerprint density at radius 1 is 1.47 bits per heavy atom. The first-order valence-electron chi connectivity index (χ1n) is 6.04. The van der Waals surface area contributed by atoms with Crippen LogP contribution in [-0.2, 0) is 19.0 Å². The van der Waals surface area contributed by atoms with Crippen LogP contribution in [0.25, 0.3) is 0 Å². The van der Waals surface area contributed by atoms with Crippen molar-refractivity contribution in [2.45, 2.75) is 25.9 Å². The molecule has 0 saturated carbocycles. The van der Waals surface area contributed by atoms with E-state index in [2.05, 4.69) is 15.5 Å². The first-order chi connectivity index (χ1) is 9.24. The minimum Gasteiger partial charge on any atom is -0.345 e. The topological polar surface area (TPSA) is 59.8 Å². The Bertz CT molecular complexity index is 567. The Kier molecular flexibility index (Phi) is 4.52. The summed E-state index contributed by atoms with van der Waals surface area (Å²) in [5.41, 5.74) is 1.52. The predicted octanol–water partition coefficient (Wildman–Crippen LogP) is 1.97. The third kappa shape index (κ3) is 3.32. The van der Waals surface area contributed by atoms with Crippen LogP contribution in [-0.4, -0.2) is 20.7 Å². The first-order valence-corrected chi connectivity index (χ1v) is 6.57. The van der Waals surface area contributed by atoms with Gasteiger partial charge in [-0.1, -0.05) is 12.1 Å². The average molecular weight is 279 g/mol. The second kappa shape index (κ2) is 6.33. The van der Waals surface area contributed by atoms with Crippen molar-refractivity contribution in [3.8, 4) is 0 Å². The molecule has 0 fully saturated rings. The number of amides is 1. The van der Waals surface area contributed by atoms with Gasteiger partial charge in [0, 0.05) is 18.0 Å². The molecule has 0 unspecified atom stereocenters. The highest BCUT2D eigenvalue weighted by Gasteiger charge is 2.08. The summed E-state index contributed by atoms with van der Waals surface area (Å²) in [7, 11) is 0. The number of carbonyl (C=O) groups excluding carboxylic acids is 1. The van der Waals surface area contributed by atoms with Crippen LogP contribution in [0.3, 0.4) is 0 Å². The molecule has 100 valence electrons. The Hall–Kier alpha value is -1.88. The molecule has 0 atom stereocenters. The molecular formula is C13H15ClN4O. The molecule has 1 N–H and O–H groups in total. The Balaban J connectivity index is 2.01. The lowest BCUT2D eigenvalue weighted by Gasteiger charge is -2.06. The second-order valence-corrected chi connectivity index (χ2v) is 4.32. The van der Waals surface area contributed by atoms with Crippen molar-refractivity contribution in [1.82, 2.24) is 20.1 Å². The molecule has 1 heterocycles. The highest BCUT2D eigenvalue weighted by molar-refractivity contribution is 6.17. The first kappa shape index (κ1) is 13.5. The predicted molar refractivity (Wildman–Crippen MR) is 72.9 cm³/mol. The summed E-state index contributed by atoms with van der Waals surface area (Å²) < 4.78 is 1.88. The quantitative estimate of drug-likeness (QED) is 0.851. The van der Waals surface area contributed by atoms with Crippen LogP contribution < -0.4 is 5.32 Å². The van der Waals surface area contributed by atoms with Crippen molar-refractivity contribution < 1.29 is 4.79 Å². The van der Waals surface area contributed by atoms with Gasteiger partial charge in [0.05, 0.1) is 6.54 Å². The molecule has 0 aliphatic rings. The maximum atomic E-state index is 12.0. The third-order valence-electron chi connectivity index (χ3n) is 2.79. The van der Waals surface area contributed by atoms with Crippen molar-refractivity contribution in [2.75, 3.05) is 0 Å². The van der Waals surface area contributed by atoms with Crippen LogP contribution in [0, 0.1) is 0 Å². The van der Waals surface area contributed by atoms with Gasteiger partial charge in [0.25, 0.3) is 5.91 Å².